The first-order valence-electron chi connectivity index (χ1n) is 6.54. The number of anilines is 1. The summed E-state index contributed by atoms with van der Waals surface area (Å²) in [6, 6.07) is 13.8. The molecule has 1 heterocycles. The highest BCUT2D eigenvalue weighted by atomic mass is 35.5. The van der Waals surface area contributed by atoms with Gasteiger partial charge in [0, 0.05) is 29.4 Å². The third-order valence-corrected chi connectivity index (χ3v) is 3.85. The van der Waals surface area contributed by atoms with Gasteiger partial charge in [-0.1, -0.05) is 35.9 Å². The molecule has 2 nitrogen and oxygen atoms in total. The highest BCUT2D eigenvalue weighted by Crippen LogP contribution is 2.30. The van der Waals surface area contributed by atoms with Crippen molar-refractivity contribution in [3.05, 3.63) is 58.6 Å². The second-order valence-electron chi connectivity index (χ2n) is 4.93. The molecule has 0 atom stereocenters. The van der Waals surface area contributed by atoms with Crippen LogP contribution in [-0.4, -0.2) is 11.7 Å². The van der Waals surface area contributed by atoms with Gasteiger partial charge >= 0.3 is 0 Å². The Balaban J connectivity index is 1.88. The normalized spacial score (nSPS) is 14.3. The molecule has 1 N–H and O–H groups in total. The third-order valence-electron chi connectivity index (χ3n) is 3.61. The minimum Gasteiger partial charge on any atom is -0.508 e. The number of phenolic OH excluding ortho intramolecular Hbond substituents is 1. The molecule has 0 spiro atoms. The summed E-state index contributed by atoms with van der Waals surface area (Å²) in [5.74, 6) is 0.274. The molecule has 0 aliphatic carbocycles. The fourth-order valence-corrected chi connectivity index (χ4v) is 2.82. The molecule has 2 aromatic rings. The molecule has 0 radical (unpaired) electrons. The van der Waals surface area contributed by atoms with E-state index in [2.05, 4.69) is 29.2 Å². The number of nitrogens with zero attached hydrogens (tertiary/aromatic N) is 1. The molecule has 1 aliphatic rings. The van der Waals surface area contributed by atoms with Crippen LogP contribution in [0.5, 0.6) is 5.75 Å². The molecule has 98 valence electrons. The van der Waals surface area contributed by atoms with Crippen molar-refractivity contribution in [2.24, 2.45) is 0 Å². The minimum absolute atomic E-state index is 0.274. The van der Waals surface area contributed by atoms with Gasteiger partial charge in [-0.15, -0.1) is 0 Å². The predicted molar refractivity (Wildman–Crippen MR) is 78.9 cm³/mol. The molecule has 0 unspecified atom stereocenters. The summed E-state index contributed by atoms with van der Waals surface area (Å²) in [6.45, 7) is 1.75. The lowest BCUT2D eigenvalue weighted by Gasteiger charge is -2.31. The number of phenols is 1. The van der Waals surface area contributed by atoms with Crippen molar-refractivity contribution in [1.82, 2.24) is 0 Å². The van der Waals surface area contributed by atoms with E-state index in [1.807, 2.05) is 12.1 Å². The monoisotopic (exact) mass is 273 g/mol. The Morgan fingerprint density at radius 1 is 1.16 bits per heavy atom. The van der Waals surface area contributed by atoms with Gasteiger partial charge in [-0.05, 0) is 36.6 Å². The molecule has 1 aliphatic heterocycles. The van der Waals surface area contributed by atoms with Gasteiger partial charge in [-0.25, -0.2) is 0 Å². The number of hydrogen-bond donors (Lipinski definition) is 1. The van der Waals surface area contributed by atoms with Gasteiger partial charge in [-0.2, -0.15) is 0 Å². The number of hydrogen-bond acceptors (Lipinski definition) is 2. The average molecular weight is 274 g/mol. The Labute approximate surface area is 118 Å². The Morgan fingerprint density at radius 3 is 2.84 bits per heavy atom. The molecule has 0 bridgehead atoms. The lowest BCUT2D eigenvalue weighted by atomic mass is 10.0. The molecule has 0 aromatic heterocycles. The number of fused-ring (bicyclic) bond motifs is 1. The van der Waals surface area contributed by atoms with Gasteiger partial charge in [0.2, 0.25) is 0 Å². The smallest absolute Gasteiger partial charge is 0.122 e. The van der Waals surface area contributed by atoms with Crippen LogP contribution in [-0.2, 0) is 13.0 Å². The van der Waals surface area contributed by atoms with Crippen LogP contribution in [0.2, 0.25) is 5.02 Å². The number of halogens is 1. The first-order chi connectivity index (χ1) is 9.24. The van der Waals surface area contributed by atoms with E-state index in [-0.39, 0.29) is 5.75 Å². The fourth-order valence-electron chi connectivity index (χ4n) is 2.65. The molecule has 0 saturated carbocycles. The minimum atomic E-state index is 0.274. The molecule has 3 heteroatoms. The van der Waals surface area contributed by atoms with Crippen LogP contribution in [0, 0.1) is 0 Å². The molecular weight excluding hydrogens is 258 g/mol. The molecule has 0 fully saturated rings. The first-order valence-corrected chi connectivity index (χ1v) is 6.92. The zero-order valence-electron chi connectivity index (χ0n) is 10.6. The third kappa shape index (κ3) is 2.54. The zero-order chi connectivity index (χ0) is 13.2. The van der Waals surface area contributed by atoms with E-state index in [0.717, 1.165) is 31.5 Å². The van der Waals surface area contributed by atoms with Crippen molar-refractivity contribution in [2.45, 2.75) is 19.4 Å². The summed E-state index contributed by atoms with van der Waals surface area (Å²) in [7, 11) is 0. The summed E-state index contributed by atoms with van der Waals surface area (Å²) >= 11 is 5.87. The van der Waals surface area contributed by atoms with Crippen molar-refractivity contribution in [3.63, 3.8) is 0 Å². The standard InChI is InChI=1S/C16H16ClNO/c17-14-8-7-13(16(19)10-14)11-18-9-3-5-12-4-1-2-6-15(12)18/h1-2,4,6-8,10,19H,3,5,9,11H2. The SMILES string of the molecule is Oc1cc(Cl)ccc1CN1CCCc2ccccc21. The van der Waals surface area contributed by atoms with Gasteiger partial charge in [0.1, 0.15) is 5.75 Å². The maximum Gasteiger partial charge on any atom is 0.122 e. The Bertz CT molecular complexity index is 597. The van der Waals surface area contributed by atoms with Crippen molar-refractivity contribution in [3.8, 4) is 5.75 Å². The number of rotatable bonds is 2. The maximum atomic E-state index is 9.96. The quantitative estimate of drug-likeness (QED) is 0.894. The Morgan fingerprint density at radius 2 is 2.00 bits per heavy atom. The van der Waals surface area contributed by atoms with Crippen LogP contribution < -0.4 is 4.90 Å². The second kappa shape index (κ2) is 5.14. The fraction of sp³-hybridized carbons (Fsp3) is 0.250. The molecule has 2 aromatic carbocycles. The average Bonchev–Trinajstić information content (AvgIpc) is 2.42. The largest absolute Gasteiger partial charge is 0.508 e. The molecular formula is C16H16ClNO. The first kappa shape index (κ1) is 12.4. The number of para-hydroxylation sites is 1. The van der Waals surface area contributed by atoms with Crippen LogP contribution in [0.1, 0.15) is 17.5 Å². The summed E-state index contributed by atoms with van der Waals surface area (Å²) < 4.78 is 0. The Kier molecular flexibility index (Phi) is 3.34. The highest BCUT2D eigenvalue weighted by molar-refractivity contribution is 6.30. The van der Waals surface area contributed by atoms with Crippen LogP contribution in [0.4, 0.5) is 5.69 Å². The van der Waals surface area contributed by atoms with Crippen LogP contribution in [0.3, 0.4) is 0 Å². The summed E-state index contributed by atoms with van der Waals surface area (Å²) in [4.78, 5) is 2.32. The summed E-state index contributed by atoms with van der Waals surface area (Å²) in [5, 5.41) is 10.5. The lowest BCUT2D eigenvalue weighted by Crippen LogP contribution is -2.28. The predicted octanol–water partition coefficient (Wildman–Crippen LogP) is 4.00. The van der Waals surface area contributed by atoms with Crippen molar-refractivity contribution < 1.29 is 5.11 Å². The van der Waals surface area contributed by atoms with Crippen LogP contribution in [0.15, 0.2) is 42.5 Å². The van der Waals surface area contributed by atoms with Gasteiger partial charge in [-0.3, -0.25) is 0 Å². The van der Waals surface area contributed by atoms with Crippen molar-refractivity contribution in [2.75, 3.05) is 11.4 Å². The maximum absolute atomic E-state index is 9.96. The molecule has 0 saturated heterocycles. The van der Waals surface area contributed by atoms with E-state index in [1.165, 1.54) is 11.3 Å². The van der Waals surface area contributed by atoms with Crippen LogP contribution in [0.25, 0.3) is 0 Å². The number of benzene rings is 2. The van der Waals surface area contributed by atoms with E-state index in [4.69, 9.17) is 11.6 Å². The topological polar surface area (TPSA) is 23.5 Å². The summed E-state index contributed by atoms with van der Waals surface area (Å²) in [5.41, 5.74) is 3.59. The Hall–Kier alpha value is -1.67. The van der Waals surface area contributed by atoms with Gasteiger partial charge in [0.15, 0.2) is 0 Å². The van der Waals surface area contributed by atoms with E-state index in [1.54, 1.807) is 6.07 Å². The molecule has 3 rings (SSSR count). The van der Waals surface area contributed by atoms with E-state index >= 15 is 0 Å². The van der Waals surface area contributed by atoms with Crippen LogP contribution >= 0.6 is 11.6 Å². The number of aryl methyl sites for hydroxylation is 1. The van der Waals surface area contributed by atoms with Gasteiger partial charge in [0.05, 0.1) is 0 Å². The van der Waals surface area contributed by atoms with E-state index in [0.29, 0.717) is 5.02 Å². The number of aromatic hydroxyl groups is 1. The molecule has 0 amide bonds. The van der Waals surface area contributed by atoms with E-state index in [9.17, 15) is 5.11 Å². The summed E-state index contributed by atoms with van der Waals surface area (Å²) in [6.07, 6.45) is 2.30. The molecule has 19 heavy (non-hydrogen) atoms. The van der Waals surface area contributed by atoms with E-state index < -0.39 is 0 Å². The highest BCUT2D eigenvalue weighted by Gasteiger charge is 2.17. The lowest BCUT2D eigenvalue weighted by molar-refractivity contribution is 0.466. The van der Waals surface area contributed by atoms with Gasteiger partial charge < -0.3 is 10.0 Å². The van der Waals surface area contributed by atoms with Crippen molar-refractivity contribution >= 4 is 17.3 Å². The zero-order valence-corrected chi connectivity index (χ0v) is 11.4. The van der Waals surface area contributed by atoms with Crippen molar-refractivity contribution in [1.29, 1.82) is 0 Å². The van der Waals surface area contributed by atoms with Gasteiger partial charge in [0.25, 0.3) is 0 Å². The second-order valence-corrected chi connectivity index (χ2v) is 5.36.